The third-order valence-electron chi connectivity index (χ3n) is 7.53. The number of amides is 1. The van der Waals surface area contributed by atoms with E-state index in [1.165, 1.54) is 19.3 Å². The maximum absolute atomic E-state index is 14.4. The van der Waals surface area contributed by atoms with Gasteiger partial charge in [0.25, 0.3) is 5.91 Å². The Kier molecular flexibility index (Phi) is 5.95. The minimum atomic E-state index is -4.12. The first-order valence-electron chi connectivity index (χ1n) is 11.6. The average molecular weight is 481 g/mol. The van der Waals surface area contributed by atoms with Crippen LogP contribution in [0.25, 0.3) is 0 Å². The fourth-order valence-corrected chi connectivity index (χ4v) is 8.06. The van der Waals surface area contributed by atoms with E-state index in [0.29, 0.717) is 17.8 Å². The van der Waals surface area contributed by atoms with Crippen molar-refractivity contribution in [3.63, 3.8) is 0 Å². The van der Waals surface area contributed by atoms with Crippen molar-refractivity contribution < 1.29 is 31.9 Å². The van der Waals surface area contributed by atoms with Gasteiger partial charge in [0, 0.05) is 18.6 Å². The van der Waals surface area contributed by atoms with Crippen molar-refractivity contribution in [1.82, 2.24) is 9.62 Å². The number of benzene rings is 1. The zero-order valence-corrected chi connectivity index (χ0v) is 19.2. The second-order valence-electron chi connectivity index (χ2n) is 9.98. The lowest BCUT2D eigenvalue weighted by Gasteiger charge is -2.56. The van der Waals surface area contributed by atoms with Crippen LogP contribution in [0, 0.1) is 23.6 Å². The molecule has 0 spiro atoms. The first-order valence-corrected chi connectivity index (χ1v) is 13.0. The number of morpholine rings is 1. The van der Waals surface area contributed by atoms with E-state index >= 15 is 0 Å². The number of nitrogens with one attached hydrogen (secondary N) is 1. The Hall–Kier alpha value is -2.04. The number of nitrogens with zero attached hydrogens (tertiary/aromatic N) is 1. The Labute approximate surface area is 192 Å². The van der Waals surface area contributed by atoms with Crippen LogP contribution in [0.4, 0.5) is 4.39 Å². The predicted octanol–water partition coefficient (Wildman–Crippen LogP) is 2.09. The Balaban J connectivity index is 1.22. The zero-order chi connectivity index (χ0) is 23.2. The number of hydrogen-bond acceptors (Lipinski definition) is 6. The van der Waals surface area contributed by atoms with E-state index in [1.54, 1.807) is 0 Å². The van der Waals surface area contributed by atoms with Crippen LogP contribution in [0.15, 0.2) is 23.1 Å². The van der Waals surface area contributed by atoms with Crippen LogP contribution in [0.1, 0.15) is 48.9 Å². The lowest BCUT2D eigenvalue weighted by atomic mass is 9.53. The van der Waals surface area contributed by atoms with Crippen molar-refractivity contribution in [3.05, 3.63) is 29.6 Å². The fraction of sp³-hybridized carbons (Fsp3) is 0.652. The maximum Gasteiger partial charge on any atom is 0.338 e. The van der Waals surface area contributed by atoms with Crippen molar-refractivity contribution in [2.24, 2.45) is 17.8 Å². The van der Waals surface area contributed by atoms with E-state index in [-0.39, 0.29) is 43.3 Å². The van der Waals surface area contributed by atoms with Crippen molar-refractivity contribution in [2.75, 3.05) is 32.9 Å². The van der Waals surface area contributed by atoms with Gasteiger partial charge >= 0.3 is 5.97 Å². The topological polar surface area (TPSA) is 102 Å². The monoisotopic (exact) mass is 480 g/mol. The van der Waals surface area contributed by atoms with E-state index in [2.05, 4.69) is 5.32 Å². The summed E-state index contributed by atoms with van der Waals surface area (Å²) in [6, 6.07) is 3.06. The summed E-state index contributed by atoms with van der Waals surface area (Å²) in [5, 5.41) is 3.13. The molecular weight excluding hydrogens is 451 g/mol. The molecule has 0 radical (unpaired) electrons. The Morgan fingerprint density at radius 1 is 1.09 bits per heavy atom. The zero-order valence-electron chi connectivity index (χ0n) is 18.4. The van der Waals surface area contributed by atoms with Crippen LogP contribution in [0.2, 0.25) is 0 Å². The van der Waals surface area contributed by atoms with Gasteiger partial charge in [-0.1, -0.05) is 0 Å². The summed E-state index contributed by atoms with van der Waals surface area (Å²) in [4.78, 5) is 24.5. The number of rotatable bonds is 6. The van der Waals surface area contributed by atoms with Crippen LogP contribution >= 0.6 is 0 Å². The third kappa shape index (κ3) is 4.52. The Morgan fingerprint density at radius 3 is 2.30 bits per heavy atom. The number of ether oxygens (including phenoxy) is 2. The van der Waals surface area contributed by atoms with E-state index in [9.17, 15) is 22.4 Å². The summed E-state index contributed by atoms with van der Waals surface area (Å²) in [5.74, 6) is -0.152. The van der Waals surface area contributed by atoms with Crippen LogP contribution < -0.4 is 5.32 Å². The molecule has 1 amide bonds. The molecule has 4 saturated carbocycles. The molecule has 8 nitrogen and oxygen atoms in total. The van der Waals surface area contributed by atoms with Gasteiger partial charge in [0.15, 0.2) is 6.61 Å². The van der Waals surface area contributed by atoms with Gasteiger partial charge in [-0.2, -0.15) is 4.31 Å². The smallest absolute Gasteiger partial charge is 0.338 e. The van der Waals surface area contributed by atoms with Gasteiger partial charge in [-0.15, -0.1) is 0 Å². The van der Waals surface area contributed by atoms with Gasteiger partial charge in [0.1, 0.15) is 10.7 Å². The molecular formula is C23H29FN2O6S. The Morgan fingerprint density at radius 2 is 1.70 bits per heavy atom. The van der Waals surface area contributed by atoms with Crippen molar-refractivity contribution >= 4 is 21.9 Å². The molecule has 4 aliphatic carbocycles. The van der Waals surface area contributed by atoms with Gasteiger partial charge in [-0.25, -0.2) is 17.6 Å². The highest BCUT2D eigenvalue weighted by atomic mass is 32.2. The Bertz CT molecular complexity index is 1020. The number of carbonyl (C=O) groups excluding carboxylic acids is 2. The highest BCUT2D eigenvalue weighted by molar-refractivity contribution is 7.89. The summed E-state index contributed by atoms with van der Waals surface area (Å²) >= 11 is 0. The molecule has 6 rings (SSSR count). The second kappa shape index (κ2) is 8.63. The molecule has 5 fully saturated rings. The summed E-state index contributed by atoms with van der Waals surface area (Å²) in [6.45, 7) is 0.217. The molecule has 33 heavy (non-hydrogen) atoms. The quantitative estimate of drug-likeness (QED) is 0.626. The molecule has 5 aliphatic rings. The minimum Gasteiger partial charge on any atom is -0.452 e. The summed E-state index contributed by atoms with van der Waals surface area (Å²) in [7, 11) is -4.12. The highest BCUT2D eigenvalue weighted by Gasteiger charge is 2.51. The maximum atomic E-state index is 14.4. The van der Waals surface area contributed by atoms with Gasteiger partial charge < -0.3 is 14.8 Å². The van der Waals surface area contributed by atoms with Crippen LogP contribution in [-0.4, -0.2) is 63.0 Å². The van der Waals surface area contributed by atoms with Gasteiger partial charge in [0.2, 0.25) is 10.0 Å². The molecule has 10 heteroatoms. The van der Waals surface area contributed by atoms with E-state index in [1.807, 2.05) is 0 Å². The molecule has 1 N–H and O–H groups in total. The fourth-order valence-electron chi connectivity index (χ4n) is 6.56. The first-order chi connectivity index (χ1) is 15.7. The summed E-state index contributed by atoms with van der Waals surface area (Å²) < 4.78 is 51.4. The lowest BCUT2D eigenvalue weighted by Crippen LogP contribution is -2.60. The molecule has 1 heterocycles. The largest absolute Gasteiger partial charge is 0.452 e. The van der Waals surface area contributed by atoms with Crippen LogP contribution in [-0.2, 0) is 24.3 Å². The lowest BCUT2D eigenvalue weighted by molar-refractivity contribution is -0.130. The van der Waals surface area contributed by atoms with E-state index in [4.69, 9.17) is 9.47 Å². The summed E-state index contributed by atoms with van der Waals surface area (Å²) in [5.41, 5.74) is -0.307. The molecule has 0 aromatic heterocycles. The van der Waals surface area contributed by atoms with Gasteiger partial charge in [0.05, 0.1) is 18.8 Å². The number of esters is 1. The molecule has 4 bridgehead atoms. The molecule has 0 atom stereocenters. The van der Waals surface area contributed by atoms with Gasteiger partial charge in [-0.05, 0) is 74.5 Å². The molecule has 1 aromatic carbocycles. The van der Waals surface area contributed by atoms with Crippen LogP contribution in [0.5, 0.6) is 0 Å². The third-order valence-corrected chi connectivity index (χ3v) is 9.45. The first kappa shape index (κ1) is 22.7. The number of carbonyl (C=O) groups is 2. The number of sulfonamides is 1. The van der Waals surface area contributed by atoms with Gasteiger partial charge in [-0.3, -0.25) is 4.79 Å². The van der Waals surface area contributed by atoms with Crippen molar-refractivity contribution in [1.29, 1.82) is 0 Å². The normalized spacial score (nSPS) is 31.4. The van der Waals surface area contributed by atoms with Crippen LogP contribution in [0.3, 0.4) is 0 Å². The van der Waals surface area contributed by atoms with Crippen molar-refractivity contribution in [3.8, 4) is 0 Å². The van der Waals surface area contributed by atoms with E-state index < -0.39 is 33.3 Å². The highest BCUT2D eigenvalue weighted by Crippen LogP contribution is 2.55. The number of hydrogen-bond donors (Lipinski definition) is 1. The summed E-state index contributed by atoms with van der Waals surface area (Å²) in [6.07, 6.45) is 6.72. The second-order valence-corrected chi connectivity index (χ2v) is 11.9. The van der Waals surface area contributed by atoms with Crippen molar-refractivity contribution in [2.45, 2.75) is 49.0 Å². The molecule has 1 aliphatic heterocycles. The number of halogens is 1. The average Bonchev–Trinajstić information content (AvgIpc) is 2.77. The molecule has 1 aromatic rings. The molecule has 1 saturated heterocycles. The molecule has 180 valence electrons. The standard InChI is InChI=1S/C23H29FN2O6S/c24-19-2-1-18(10-20(19)33(29,30)26-3-5-31-6-4-26)22(28)32-14-21(27)25-23-11-15-7-16(12-23)9-17(8-15)13-23/h1-2,10,15-17H,3-9,11-14H2,(H,25,27). The SMILES string of the molecule is O=C(COC(=O)c1ccc(F)c(S(=O)(=O)N2CCOCC2)c1)NC12CC3CC(CC(C3)C1)C2. The molecule has 0 unspecified atom stereocenters. The minimum absolute atomic E-state index is 0.112. The predicted molar refractivity (Wildman–Crippen MR) is 115 cm³/mol. The van der Waals surface area contributed by atoms with E-state index in [0.717, 1.165) is 41.8 Å².